The Labute approximate surface area is 92.6 Å². The molecule has 0 atom stereocenters. The van der Waals surface area contributed by atoms with Crippen molar-refractivity contribution in [1.29, 1.82) is 0 Å². The minimum absolute atomic E-state index is 0.0441. The molecule has 0 aromatic carbocycles. The van der Waals surface area contributed by atoms with Crippen LogP contribution in [0.25, 0.3) is 0 Å². The van der Waals surface area contributed by atoms with Crippen molar-refractivity contribution in [3.63, 3.8) is 0 Å². The van der Waals surface area contributed by atoms with E-state index in [2.05, 4.69) is 10.6 Å². The summed E-state index contributed by atoms with van der Waals surface area (Å²) in [4.78, 5) is 11.5. The van der Waals surface area contributed by atoms with Crippen molar-refractivity contribution in [1.82, 2.24) is 10.6 Å². The van der Waals surface area contributed by atoms with Gasteiger partial charge in [-0.05, 0) is 32.1 Å². The van der Waals surface area contributed by atoms with Gasteiger partial charge in [0.1, 0.15) is 0 Å². The normalized spacial score (nSPS) is 31.7. The summed E-state index contributed by atoms with van der Waals surface area (Å²) >= 11 is 0. The van der Waals surface area contributed by atoms with Crippen LogP contribution < -0.4 is 10.6 Å². The summed E-state index contributed by atoms with van der Waals surface area (Å²) in [6, 6.07) is 0.572. The highest BCUT2D eigenvalue weighted by molar-refractivity contribution is 7.85. The number of nitrogens with one attached hydrogen (secondary N) is 2. The zero-order chi connectivity index (χ0) is 10.7. The number of amides is 2. The summed E-state index contributed by atoms with van der Waals surface area (Å²) in [5, 5.41) is 5.90. The van der Waals surface area contributed by atoms with Gasteiger partial charge in [-0.15, -0.1) is 0 Å². The van der Waals surface area contributed by atoms with Crippen LogP contribution in [0.3, 0.4) is 0 Å². The van der Waals surface area contributed by atoms with Crippen LogP contribution in [0.1, 0.15) is 32.1 Å². The number of urea groups is 1. The molecule has 2 aliphatic rings. The Hall–Kier alpha value is -0.580. The zero-order valence-electron chi connectivity index (χ0n) is 8.83. The van der Waals surface area contributed by atoms with Gasteiger partial charge in [-0.1, -0.05) is 0 Å². The van der Waals surface area contributed by atoms with Crippen LogP contribution in [0.5, 0.6) is 0 Å². The maximum Gasteiger partial charge on any atom is 0.315 e. The molecule has 0 aromatic heterocycles. The topological polar surface area (TPSA) is 58.2 Å². The molecule has 0 unspecified atom stereocenters. The van der Waals surface area contributed by atoms with E-state index >= 15 is 0 Å². The van der Waals surface area contributed by atoms with Crippen LogP contribution in [-0.4, -0.2) is 33.8 Å². The van der Waals surface area contributed by atoms with Gasteiger partial charge in [0, 0.05) is 34.4 Å². The minimum atomic E-state index is -0.649. The molecule has 2 N–H and O–H groups in total. The molecule has 0 spiro atoms. The van der Waals surface area contributed by atoms with Gasteiger partial charge in [0.15, 0.2) is 0 Å². The smallest absolute Gasteiger partial charge is 0.315 e. The summed E-state index contributed by atoms with van der Waals surface area (Å²) in [6.45, 7) is 0. The molecule has 0 bridgehead atoms. The predicted octanol–water partition coefficient (Wildman–Crippen LogP) is 0.749. The Kier molecular flexibility index (Phi) is 3.61. The van der Waals surface area contributed by atoms with E-state index in [1.807, 2.05) is 0 Å². The number of hydrogen-bond acceptors (Lipinski definition) is 2. The molecule has 2 fully saturated rings. The van der Waals surface area contributed by atoms with E-state index in [0.29, 0.717) is 6.04 Å². The van der Waals surface area contributed by atoms with Gasteiger partial charge in [0.25, 0.3) is 0 Å². The lowest BCUT2D eigenvalue weighted by Crippen LogP contribution is -2.49. The van der Waals surface area contributed by atoms with E-state index in [9.17, 15) is 9.00 Å². The monoisotopic (exact) mass is 230 g/mol. The molecular weight excluding hydrogens is 212 g/mol. The van der Waals surface area contributed by atoms with Gasteiger partial charge < -0.3 is 10.6 Å². The van der Waals surface area contributed by atoms with Crippen LogP contribution in [0.15, 0.2) is 0 Å². The fourth-order valence-corrected chi connectivity index (χ4v) is 3.20. The van der Waals surface area contributed by atoms with Gasteiger partial charge in [-0.2, -0.15) is 0 Å². The SMILES string of the molecule is O=C(NC1CCC1)NC1CCS(=O)CC1. The fourth-order valence-electron chi connectivity index (χ4n) is 1.90. The van der Waals surface area contributed by atoms with Crippen LogP contribution in [-0.2, 0) is 10.8 Å². The van der Waals surface area contributed by atoms with E-state index in [0.717, 1.165) is 37.2 Å². The highest BCUT2D eigenvalue weighted by atomic mass is 32.2. The maximum atomic E-state index is 11.5. The molecule has 2 amide bonds. The second-order valence-corrected chi connectivity index (χ2v) is 6.06. The van der Waals surface area contributed by atoms with Gasteiger partial charge >= 0.3 is 6.03 Å². The molecule has 4 nitrogen and oxygen atoms in total. The molecule has 1 aliphatic carbocycles. The lowest BCUT2D eigenvalue weighted by Gasteiger charge is -2.28. The molecule has 1 saturated carbocycles. The Morgan fingerprint density at radius 1 is 1.00 bits per heavy atom. The Morgan fingerprint density at radius 3 is 2.00 bits per heavy atom. The number of carbonyl (C=O) groups excluding carboxylic acids is 1. The van der Waals surface area contributed by atoms with Gasteiger partial charge in [-0.3, -0.25) is 4.21 Å². The highest BCUT2D eigenvalue weighted by Gasteiger charge is 2.22. The number of rotatable bonds is 2. The van der Waals surface area contributed by atoms with Crippen LogP contribution >= 0.6 is 0 Å². The van der Waals surface area contributed by atoms with Gasteiger partial charge in [-0.25, -0.2) is 4.79 Å². The van der Waals surface area contributed by atoms with E-state index in [1.165, 1.54) is 6.42 Å². The summed E-state index contributed by atoms with van der Waals surface area (Å²) in [5.74, 6) is 1.46. The van der Waals surface area contributed by atoms with E-state index < -0.39 is 10.8 Å². The fraction of sp³-hybridized carbons (Fsp3) is 0.900. The first kappa shape index (κ1) is 10.9. The van der Waals surface area contributed by atoms with E-state index in [1.54, 1.807) is 0 Å². The average Bonchev–Trinajstić information content (AvgIpc) is 2.16. The Balaban J connectivity index is 1.66. The summed E-state index contributed by atoms with van der Waals surface area (Å²) in [6.07, 6.45) is 5.16. The van der Waals surface area contributed by atoms with Crippen LogP contribution in [0, 0.1) is 0 Å². The molecule has 0 aromatic rings. The summed E-state index contributed by atoms with van der Waals surface area (Å²) < 4.78 is 11.1. The lowest BCUT2D eigenvalue weighted by molar-refractivity contribution is 0.223. The van der Waals surface area contributed by atoms with Crippen molar-refractivity contribution in [3.05, 3.63) is 0 Å². The van der Waals surface area contributed by atoms with E-state index in [4.69, 9.17) is 0 Å². The number of hydrogen-bond donors (Lipinski definition) is 2. The molecular formula is C10H18N2O2S. The van der Waals surface area contributed by atoms with Crippen molar-refractivity contribution in [2.75, 3.05) is 11.5 Å². The number of carbonyl (C=O) groups is 1. The Bertz CT molecular complexity index is 256. The lowest BCUT2D eigenvalue weighted by atomic mass is 9.93. The first-order chi connectivity index (χ1) is 7.24. The van der Waals surface area contributed by atoms with E-state index in [-0.39, 0.29) is 12.1 Å². The second kappa shape index (κ2) is 4.96. The summed E-state index contributed by atoms with van der Waals surface area (Å²) in [5.41, 5.74) is 0. The molecule has 86 valence electrons. The molecule has 1 saturated heterocycles. The average molecular weight is 230 g/mol. The van der Waals surface area contributed by atoms with Crippen molar-refractivity contribution in [2.24, 2.45) is 0 Å². The molecule has 1 aliphatic heterocycles. The van der Waals surface area contributed by atoms with Crippen LogP contribution in [0.4, 0.5) is 4.79 Å². The maximum absolute atomic E-state index is 11.5. The minimum Gasteiger partial charge on any atom is -0.335 e. The third-order valence-corrected chi connectivity index (χ3v) is 4.55. The highest BCUT2D eigenvalue weighted by Crippen LogP contribution is 2.17. The molecule has 5 heteroatoms. The molecule has 2 rings (SSSR count). The standard InChI is InChI=1S/C10H18N2O2S/c13-10(11-8-2-1-3-8)12-9-4-6-15(14)7-5-9/h8-9H,1-7H2,(H2,11,12,13). The van der Waals surface area contributed by atoms with Crippen molar-refractivity contribution < 1.29 is 9.00 Å². The van der Waals surface area contributed by atoms with Crippen molar-refractivity contribution in [2.45, 2.75) is 44.2 Å². The largest absolute Gasteiger partial charge is 0.335 e. The van der Waals surface area contributed by atoms with Gasteiger partial charge in [0.05, 0.1) is 0 Å². The van der Waals surface area contributed by atoms with Crippen LogP contribution in [0.2, 0.25) is 0 Å². The zero-order valence-corrected chi connectivity index (χ0v) is 9.65. The molecule has 15 heavy (non-hydrogen) atoms. The Morgan fingerprint density at radius 2 is 1.53 bits per heavy atom. The summed E-state index contributed by atoms with van der Waals surface area (Å²) in [7, 11) is -0.649. The third kappa shape index (κ3) is 3.19. The quantitative estimate of drug-likeness (QED) is 0.735. The predicted molar refractivity (Wildman–Crippen MR) is 60.2 cm³/mol. The first-order valence-corrected chi connectivity index (χ1v) is 7.15. The van der Waals surface area contributed by atoms with Crippen molar-refractivity contribution >= 4 is 16.8 Å². The third-order valence-electron chi connectivity index (χ3n) is 3.16. The second-order valence-electron chi connectivity index (χ2n) is 4.37. The molecule has 1 heterocycles. The molecule has 0 radical (unpaired) electrons. The first-order valence-electron chi connectivity index (χ1n) is 5.66. The van der Waals surface area contributed by atoms with Crippen molar-refractivity contribution in [3.8, 4) is 0 Å². The van der Waals surface area contributed by atoms with Gasteiger partial charge in [0.2, 0.25) is 0 Å².